The molecule has 0 saturated carbocycles. The van der Waals surface area contributed by atoms with Crippen molar-refractivity contribution in [3.63, 3.8) is 0 Å². The summed E-state index contributed by atoms with van der Waals surface area (Å²) in [7, 11) is 0. The molecule has 0 amide bonds. The van der Waals surface area contributed by atoms with Crippen LogP contribution in [0.2, 0.25) is 0 Å². The molecule has 1 aliphatic carbocycles. The maximum Gasteiger partial charge on any atom is 0.199 e. The molecule has 0 N–H and O–H groups in total. The molecule has 0 bridgehead atoms. The number of benzene rings is 1. The first-order chi connectivity index (χ1) is 16.1. The molecular formula is C31H46O3. The Morgan fingerprint density at radius 2 is 1.38 bits per heavy atom. The SMILES string of the molecule is C/C(=C\C[C@@]12O[C@]1(C)C(=O)c1ccccc1C2=O)CCC[C@H](C)CCC[C@H](C)CCCC(C)C. The minimum Gasteiger partial charge on any atom is -0.345 e. The average molecular weight is 467 g/mol. The van der Waals surface area contributed by atoms with Crippen LogP contribution in [0.25, 0.3) is 0 Å². The van der Waals surface area contributed by atoms with Crippen LogP contribution in [-0.2, 0) is 4.74 Å². The normalized spacial score (nSPS) is 25.8. The van der Waals surface area contributed by atoms with Gasteiger partial charge in [0.05, 0.1) is 0 Å². The summed E-state index contributed by atoms with van der Waals surface area (Å²) in [6, 6.07) is 7.12. The predicted octanol–water partition coefficient (Wildman–Crippen LogP) is 8.37. The van der Waals surface area contributed by atoms with Gasteiger partial charge in [0.1, 0.15) is 0 Å². The lowest BCUT2D eigenvalue weighted by molar-refractivity contribution is 0.0847. The van der Waals surface area contributed by atoms with E-state index in [1.54, 1.807) is 19.1 Å². The fourth-order valence-electron chi connectivity index (χ4n) is 5.63. The van der Waals surface area contributed by atoms with Crippen molar-refractivity contribution in [2.75, 3.05) is 0 Å². The van der Waals surface area contributed by atoms with Crippen LogP contribution >= 0.6 is 0 Å². The van der Waals surface area contributed by atoms with Crippen LogP contribution in [0.5, 0.6) is 0 Å². The predicted molar refractivity (Wildman–Crippen MR) is 140 cm³/mol. The topological polar surface area (TPSA) is 46.7 Å². The molecule has 3 rings (SSSR count). The van der Waals surface area contributed by atoms with Crippen LogP contribution in [0.4, 0.5) is 0 Å². The van der Waals surface area contributed by atoms with E-state index >= 15 is 0 Å². The number of allylic oxidation sites excluding steroid dienone is 1. The van der Waals surface area contributed by atoms with Gasteiger partial charge >= 0.3 is 0 Å². The molecule has 1 aromatic carbocycles. The van der Waals surface area contributed by atoms with E-state index in [1.165, 1.54) is 56.9 Å². The van der Waals surface area contributed by atoms with Gasteiger partial charge < -0.3 is 4.74 Å². The molecule has 3 nitrogen and oxygen atoms in total. The van der Waals surface area contributed by atoms with Gasteiger partial charge in [0.2, 0.25) is 0 Å². The van der Waals surface area contributed by atoms with Gasteiger partial charge in [-0.3, -0.25) is 9.59 Å². The Hall–Kier alpha value is -1.74. The van der Waals surface area contributed by atoms with E-state index in [1.807, 2.05) is 12.1 Å². The molecular weight excluding hydrogens is 420 g/mol. The first kappa shape index (κ1) is 26.9. The third-order valence-electron chi connectivity index (χ3n) is 8.20. The lowest BCUT2D eigenvalue weighted by Gasteiger charge is -2.22. The third kappa shape index (κ3) is 5.90. The Balaban J connectivity index is 1.39. The Labute approximate surface area is 207 Å². The first-order valence-corrected chi connectivity index (χ1v) is 13.6. The van der Waals surface area contributed by atoms with Gasteiger partial charge in [0.25, 0.3) is 0 Å². The van der Waals surface area contributed by atoms with Gasteiger partial charge in [0.15, 0.2) is 22.8 Å². The van der Waals surface area contributed by atoms with Crippen LogP contribution in [0.15, 0.2) is 35.9 Å². The highest BCUT2D eigenvalue weighted by molar-refractivity contribution is 6.25. The van der Waals surface area contributed by atoms with Crippen molar-refractivity contribution in [2.45, 2.75) is 117 Å². The maximum absolute atomic E-state index is 13.2. The Morgan fingerprint density at radius 3 is 1.97 bits per heavy atom. The summed E-state index contributed by atoms with van der Waals surface area (Å²) < 4.78 is 5.91. The zero-order valence-corrected chi connectivity index (χ0v) is 22.4. The Morgan fingerprint density at radius 1 is 0.853 bits per heavy atom. The largest absolute Gasteiger partial charge is 0.345 e. The fourth-order valence-corrected chi connectivity index (χ4v) is 5.63. The fraction of sp³-hybridized carbons (Fsp3) is 0.677. The molecule has 34 heavy (non-hydrogen) atoms. The summed E-state index contributed by atoms with van der Waals surface area (Å²) in [5.41, 5.74) is 0.297. The van der Waals surface area contributed by atoms with Crippen molar-refractivity contribution >= 4 is 11.6 Å². The van der Waals surface area contributed by atoms with Crippen molar-refractivity contribution in [3.8, 4) is 0 Å². The van der Waals surface area contributed by atoms with E-state index in [9.17, 15) is 9.59 Å². The van der Waals surface area contributed by atoms with Crippen molar-refractivity contribution in [2.24, 2.45) is 17.8 Å². The monoisotopic (exact) mass is 466 g/mol. The zero-order valence-electron chi connectivity index (χ0n) is 22.4. The van der Waals surface area contributed by atoms with E-state index in [-0.39, 0.29) is 11.6 Å². The van der Waals surface area contributed by atoms with Crippen molar-refractivity contribution in [1.29, 1.82) is 0 Å². The molecule has 0 unspecified atom stereocenters. The summed E-state index contributed by atoms with van der Waals surface area (Å²) in [4.78, 5) is 26.1. The second kappa shape index (κ2) is 11.3. The van der Waals surface area contributed by atoms with E-state index in [2.05, 4.69) is 40.7 Å². The number of carbonyl (C=O) groups excluding carboxylic acids is 2. The minimum absolute atomic E-state index is 0.0405. The van der Waals surface area contributed by atoms with Gasteiger partial charge in [-0.2, -0.15) is 0 Å². The van der Waals surface area contributed by atoms with Crippen LogP contribution in [0.1, 0.15) is 126 Å². The lowest BCUT2D eigenvalue weighted by atomic mass is 9.73. The molecule has 1 fully saturated rings. The molecule has 1 aromatic rings. The number of rotatable bonds is 14. The van der Waals surface area contributed by atoms with Gasteiger partial charge in [-0.25, -0.2) is 0 Å². The van der Waals surface area contributed by atoms with Gasteiger partial charge in [-0.05, 0) is 44.4 Å². The summed E-state index contributed by atoms with van der Waals surface area (Å²) in [5, 5.41) is 0. The quantitative estimate of drug-likeness (QED) is 0.204. The van der Waals surface area contributed by atoms with Crippen molar-refractivity contribution < 1.29 is 14.3 Å². The molecule has 2 aliphatic rings. The molecule has 3 heteroatoms. The van der Waals surface area contributed by atoms with Crippen LogP contribution in [0, 0.1) is 17.8 Å². The maximum atomic E-state index is 13.2. The zero-order chi connectivity index (χ0) is 24.9. The Bertz CT molecular complexity index is 898. The van der Waals surface area contributed by atoms with Crippen LogP contribution < -0.4 is 0 Å². The third-order valence-corrected chi connectivity index (χ3v) is 8.20. The van der Waals surface area contributed by atoms with Gasteiger partial charge in [-0.15, -0.1) is 0 Å². The van der Waals surface area contributed by atoms with Crippen LogP contribution in [-0.4, -0.2) is 22.8 Å². The standard InChI is InChI=1S/C31H46O3/c1-22(2)12-9-13-23(3)14-10-15-24(4)16-11-17-25(5)20-21-31-29(33)27-19-8-7-18-26(27)28(32)30(31,6)34-31/h7-8,18-20,22-24H,9-17,21H2,1-6H3/b25-20+/t23-,24-,30-,31+/m1/s1. The first-order valence-electron chi connectivity index (χ1n) is 13.6. The number of fused-ring (bicyclic) bond motifs is 2. The highest BCUT2D eigenvalue weighted by atomic mass is 16.6. The van der Waals surface area contributed by atoms with E-state index in [0.29, 0.717) is 17.5 Å². The molecule has 0 aromatic heterocycles. The lowest BCUT2D eigenvalue weighted by Crippen LogP contribution is -2.43. The van der Waals surface area contributed by atoms with Crippen LogP contribution in [0.3, 0.4) is 0 Å². The molecule has 1 heterocycles. The van der Waals surface area contributed by atoms with Crippen molar-refractivity contribution in [3.05, 3.63) is 47.0 Å². The van der Waals surface area contributed by atoms with E-state index < -0.39 is 11.2 Å². The molecule has 4 atom stereocenters. The van der Waals surface area contributed by atoms with Gasteiger partial charge in [0, 0.05) is 17.5 Å². The number of Topliss-reactive ketones (excluding diaryl/α,β-unsaturated/α-hetero) is 2. The Kier molecular flexibility index (Phi) is 8.95. The highest BCUT2D eigenvalue weighted by Gasteiger charge is 2.77. The minimum atomic E-state index is -1.00. The second-order valence-corrected chi connectivity index (χ2v) is 11.8. The highest BCUT2D eigenvalue weighted by Crippen LogP contribution is 2.57. The number of hydrogen-bond acceptors (Lipinski definition) is 3. The van der Waals surface area contributed by atoms with Crippen molar-refractivity contribution in [1.82, 2.24) is 0 Å². The van der Waals surface area contributed by atoms with E-state index in [0.717, 1.165) is 24.2 Å². The number of ketones is 2. The number of ether oxygens (including phenoxy) is 1. The molecule has 1 aliphatic heterocycles. The van der Waals surface area contributed by atoms with Gasteiger partial charge in [-0.1, -0.05) is 109 Å². The number of epoxide rings is 1. The average Bonchev–Trinajstić information content (AvgIpc) is 3.43. The summed E-state index contributed by atoms with van der Waals surface area (Å²) in [5.74, 6) is 2.34. The summed E-state index contributed by atoms with van der Waals surface area (Å²) in [6.45, 7) is 13.3. The molecule has 0 spiro atoms. The summed E-state index contributed by atoms with van der Waals surface area (Å²) in [6.07, 6.45) is 14.2. The number of carbonyl (C=O) groups is 2. The molecule has 0 radical (unpaired) electrons. The van der Waals surface area contributed by atoms with E-state index in [4.69, 9.17) is 4.74 Å². The smallest absolute Gasteiger partial charge is 0.199 e. The molecule has 188 valence electrons. The number of hydrogen-bond donors (Lipinski definition) is 0. The summed E-state index contributed by atoms with van der Waals surface area (Å²) >= 11 is 0. The second-order valence-electron chi connectivity index (χ2n) is 11.8. The molecule has 1 saturated heterocycles.